The minimum absolute atomic E-state index is 0.200. The van der Waals surface area contributed by atoms with Gasteiger partial charge in [0, 0.05) is 26.4 Å². The number of nitrogens with one attached hydrogen (secondary N) is 2. The van der Waals surface area contributed by atoms with Crippen LogP contribution in [0.3, 0.4) is 0 Å². The summed E-state index contributed by atoms with van der Waals surface area (Å²) in [5, 5.41) is 6.23. The van der Waals surface area contributed by atoms with Crippen molar-refractivity contribution in [3.63, 3.8) is 0 Å². The number of pyridine rings is 1. The molecule has 0 aliphatic heterocycles. The highest BCUT2D eigenvalue weighted by Gasteiger charge is 2.13. The minimum Gasteiger partial charge on any atom is -0.384 e. The van der Waals surface area contributed by atoms with Gasteiger partial charge in [0.15, 0.2) is 0 Å². The molecule has 0 radical (unpaired) electrons. The number of ether oxygens (including phenoxy) is 1. The van der Waals surface area contributed by atoms with E-state index in [-0.39, 0.29) is 11.8 Å². The highest BCUT2D eigenvalue weighted by Crippen LogP contribution is 2.17. The summed E-state index contributed by atoms with van der Waals surface area (Å²) in [5.41, 5.74) is 0.428. The van der Waals surface area contributed by atoms with Crippen molar-refractivity contribution < 1.29 is 9.53 Å². The third-order valence-electron chi connectivity index (χ3n) is 2.52. The molecule has 0 saturated carbocycles. The molecule has 5 nitrogen and oxygen atoms in total. The Morgan fingerprint density at radius 3 is 2.95 bits per heavy atom. The van der Waals surface area contributed by atoms with Crippen molar-refractivity contribution in [1.29, 1.82) is 0 Å². The molecule has 0 aliphatic rings. The lowest BCUT2D eigenvalue weighted by molar-refractivity contribution is 0.0934. The largest absolute Gasteiger partial charge is 0.384 e. The molecular formula is C13H20ClN3O2. The standard InChI is InChI=1S/C13H20ClN3O2/c1-4-15-12-5-10(11(14)7-16-12)13(18)17-6-9(2)8-19-3/h5,7,9H,4,6,8H2,1-3H3,(H,15,16)(H,17,18). The number of hydrogen-bond donors (Lipinski definition) is 2. The van der Waals surface area contributed by atoms with Crippen LogP contribution in [0.1, 0.15) is 24.2 Å². The molecule has 0 aromatic carbocycles. The summed E-state index contributed by atoms with van der Waals surface area (Å²) in [6, 6.07) is 1.65. The molecule has 0 spiro atoms. The molecule has 1 aromatic rings. The summed E-state index contributed by atoms with van der Waals surface area (Å²) < 4.78 is 5.02. The number of carbonyl (C=O) groups is 1. The van der Waals surface area contributed by atoms with E-state index in [9.17, 15) is 4.79 Å². The van der Waals surface area contributed by atoms with E-state index < -0.39 is 0 Å². The Kier molecular flexibility index (Phi) is 6.59. The second kappa shape index (κ2) is 7.96. The first-order valence-corrected chi connectivity index (χ1v) is 6.62. The fourth-order valence-corrected chi connectivity index (χ4v) is 1.79. The van der Waals surface area contributed by atoms with Gasteiger partial charge in [-0.05, 0) is 18.9 Å². The molecule has 1 atom stereocenters. The van der Waals surface area contributed by atoms with Gasteiger partial charge in [0.05, 0.1) is 17.2 Å². The van der Waals surface area contributed by atoms with Gasteiger partial charge in [0.25, 0.3) is 5.91 Å². The summed E-state index contributed by atoms with van der Waals surface area (Å²) >= 11 is 5.99. The van der Waals surface area contributed by atoms with Gasteiger partial charge in [-0.2, -0.15) is 0 Å². The van der Waals surface area contributed by atoms with E-state index in [0.717, 1.165) is 6.54 Å². The zero-order valence-corrected chi connectivity index (χ0v) is 12.3. The van der Waals surface area contributed by atoms with Gasteiger partial charge in [0.2, 0.25) is 0 Å². The van der Waals surface area contributed by atoms with Gasteiger partial charge in [-0.25, -0.2) is 4.98 Å². The number of methoxy groups -OCH3 is 1. The lowest BCUT2D eigenvalue weighted by Crippen LogP contribution is -2.30. The van der Waals surface area contributed by atoms with Crippen LogP contribution in [0, 0.1) is 5.92 Å². The number of halogens is 1. The highest BCUT2D eigenvalue weighted by molar-refractivity contribution is 6.33. The second-order valence-electron chi connectivity index (χ2n) is 4.35. The smallest absolute Gasteiger partial charge is 0.253 e. The van der Waals surface area contributed by atoms with Crippen LogP contribution in [0.25, 0.3) is 0 Å². The van der Waals surface area contributed by atoms with Crippen LogP contribution < -0.4 is 10.6 Å². The fourth-order valence-electron chi connectivity index (χ4n) is 1.60. The third-order valence-corrected chi connectivity index (χ3v) is 2.82. The Morgan fingerprint density at radius 1 is 1.58 bits per heavy atom. The van der Waals surface area contributed by atoms with Crippen LogP contribution >= 0.6 is 11.6 Å². The molecule has 6 heteroatoms. The van der Waals surface area contributed by atoms with Crippen molar-refractivity contribution in [3.05, 3.63) is 22.8 Å². The van der Waals surface area contributed by atoms with E-state index in [4.69, 9.17) is 16.3 Å². The number of hydrogen-bond acceptors (Lipinski definition) is 4. The van der Waals surface area contributed by atoms with E-state index in [1.165, 1.54) is 6.20 Å². The molecule has 0 bridgehead atoms. The molecule has 1 aromatic heterocycles. The van der Waals surface area contributed by atoms with E-state index in [1.54, 1.807) is 13.2 Å². The van der Waals surface area contributed by atoms with Crippen LogP contribution in [0.15, 0.2) is 12.3 Å². The van der Waals surface area contributed by atoms with Gasteiger partial charge >= 0.3 is 0 Å². The van der Waals surface area contributed by atoms with Gasteiger partial charge in [0.1, 0.15) is 5.82 Å². The number of amides is 1. The number of anilines is 1. The maximum atomic E-state index is 12.0. The number of rotatable bonds is 7. The molecule has 1 rings (SSSR count). The molecule has 106 valence electrons. The predicted molar refractivity (Wildman–Crippen MR) is 76.8 cm³/mol. The average molecular weight is 286 g/mol. The topological polar surface area (TPSA) is 63.2 Å². The molecule has 0 aliphatic carbocycles. The SMILES string of the molecule is CCNc1cc(C(=O)NCC(C)COC)c(Cl)cn1. The van der Waals surface area contributed by atoms with E-state index in [0.29, 0.717) is 29.6 Å². The summed E-state index contributed by atoms with van der Waals surface area (Å²) in [7, 11) is 1.64. The maximum absolute atomic E-state index is 12.0. The summed E-state index contributed by atoms with van der Waals surface area (Å²) in [4.78, 5) is 16.1. The van der Waals surface area contributed by atoms with E-state index in [1.807, 2.05) is 13.8 Å². The lowest BCUT2D eigenvalue weighted by atomic mass is 10.2. The first kappa shape index (κ1) is 15.7. The Bertz CT molecular complexity index is 426. The summed E-state index contributed by atoms with van der Waals surface area (Å²) in [6.07, 6.45) is 1.48. The van der Waals surface area contributed by atoms with Gasteiger partial charge < -0.3 is 15.4 Å². The average Bonchev–Trinajstić information content (AvgIpc) is 2.39. The van der Waals surface area contributed by atoms with Crippen LogP contribution in [0.4, 0.5) is 5.82 Å². The molecule has 1 amide bonds. The Balaban J connectivity index is 2.67. The van der Waals surface area contributed by atoms with Crippen molar-refractivity contribution in [3.8, 4) is 0 Å². The normalized spacial score (nSPS) is 12.0. The van der Waals surface area contributed by atoms with Crippen molar-refractivity contribution in [2.75, 3.05) is 32.1 Å². The Labute approximate surface area is 118 Å². The number of nitrogens with zero attached hydrogens (tertiary/aromatic N) is 1. The molecule has 0 fully saturated rings. The van der Waals surface area contributed by atoms with Crippen molar-refractivity contribution in [2.24, 2.45) is 5.92 Å². The Morgan fingerprint density at radius 2 is 2.32 bits per heavy atom. The lowest BCUT2D eigenvalue weighted by Gasteiger charge is -2.12. The molecule has 0 saturated heterocycles. The summed E-state index contributed by atoms with van der Waals surface area (Å²) in [5.74, 6) is 0.694. The number of carbonyl (C=O) groups excluding carboxylic acids is 1. The van der Waals surface area contributed by atoms with Gasteiger partial charge in [-0.15, -0.1) is 0 Å². The van der Waals surface area contributed by atoms with Crippen LogP contribution in [0.5, 0.6) is 0 Å². The third kappa shape index (κ3) is 5.04. The van der Waals surface area contributed by atoms with Gasteiger partial charge in [-0.3, -0.25) is 4.79 Å². The monoisotopic (exact) mass is 285 g/mol. The molecular weight excluding hydrogens is 266 g/mol. The van der Waals surface area contributed by atoms with Gasteiger partial charge in [-0.1, -0.05) is 18.5 Å². The zero-order chi connectivity index (χ0) is 14.3. The quantitative estimate of drug-likeness (QED) is 0.806. The van der Waals surface area contributed by atoms with Crippen LogP contribution in [0.2, 0.25) is 5.02 Å². The van der Waals surface area contributed by atoms with E-state index in [2.05, 4.69) is 15.6 Å². The molecule has 1 heterocycles. The summed E-state index contributed by atoms with van der Waals surface area (Å²) in [6.45, 7) is 5.85. The van der Waals surface area contributed by atoms with E-state index >= 15 is 0 Å². The second-order valence-corrected chi connectivity index (χ2v) is 4.76. The maximum Gasteiger partial charge on any atom is 0.253 e. The fraction of sp³-hybridized carbons (Fsp3) is 0.538. The first-order valence-electron chi connectivity index (χ1n) is 6.25. The zero-order valence-electron chi connectivity index (χ0n) is 11.5. The van der Waals surface area contributed by atoms with Crippen LogP contribution in [-0.4, -0.2) is 37.7 Å². The van der Waals surface area contributed by atoms with Crippen molar-refractivity contribution >= 4 is 23.3 Å². The predicted octanol–water partition coefficient (Wildman–Crippen LogP) is 2.18. The molecule has 19 heavy (non-hydrogen) atoms. The van der Waals surface area contributed by atoms with Crippen molar-refractivity contribution in [2.45, 2.75) is 13.8 Å². The first-order chi connectivity index (χ1) is 9.08. The van der Waals surface area contributed by atoms with Crippen molar-refractivity contribution in [1.82, 2.24) is 10.3 Å². The minimum atomic E-state index is -0.200. The van der Waals surface area contributed by atoms with Crippen LogP contribution in [-0.2, 0) is 4.74 Å². The molecule has 2 N–H and O–H groups in total. The molecule has 1 unspecified atom stereocenters. The number of aromatic nitrogens is 1. The Hall–Kier alpha value is -1.33. The highest BCUT2D eigenvalue weighted by atomic mass is 35.5.